The van der Waals surface area contributed by atoms with Crippen LogP contribution in [0.1, 0.15) is 59.3 Å². The zero-order valence-corrected chi connectivity index (χ0v) is 16.8. The van der Waals surface area contributed by atoms with Gasteiger partial charge in [0.2, 0.25) is 0 Å². The Morgan fingerprint density at radius 3 is 2.44 bits per heavy atom. The number of hydrogen-bond acceptors (Lipinski definition) is 4. The van der Waals surface area contributed by atoms with Gasteiger partial charge in [0.25, 0.3) is 0 Å². The van der Waals surface area contributed by atoms with E-state index in [1.54, 1.807) is 0 Å². The van der Waals surface area contributed by atoms with E-state index in [2.05, 4.69) is 55.1 Å². The van der Waals surface area contributed by atoms with Crippen molar-refractivity contribution in [1.82, 2.24) is 4.72 Å². The number of ether oxygens (including phenoxy) is 1. The molecule has 140 valence electrons. The Bertz CT molecular complexity index is 531. The third-order valence-corrected chi connectivity index (χ3v) is 6.05. The molecule has 0 aliphatic heterocycles. The van der Waals surface area contributed by atoms with Crippen molar-refractivity contribution in [2.24, 2.45) is 11.8 Å². The monoisotopic (exact) mass is 362 g/mol. The standard InChI is InChI=1S/C21H34N2OS/c1-21(2,3)25-23-18-11-9-16(10-12-18)14-22-19-5-4-6-20(13-19)24-15-17-7-8-17/h4-6,13,16-18,22-23H,7-12,14-15H2,1-3H3. The molecule has 2 saturated carbocycles. The van der Waals surface area contributed by atoms with Crippen molar-refractivity contribution in [3.8, 4) is 5.75 Å². The summed E-state index contributed by atoms with van der Waals surface area (Å²) in [4.78, 5) is 0. The largest absolute Gasteiger partial charge is 0.493 e. The van der Waals surface area contributed by atoms with Gasteiger partial charge < -0.3 is 10.1 Å². The molecule has 0 atom stereocenters. The summed E-state index contributed by atoms with van der Waals surface area (Å²) in [5.74, 6) is 2.59. The quantitative estimate of drug-likeness (QED) is 0.600. The first-order valence-corrected chi connectivity index (χ1v) is 10.7. The molecule has 0 spiro atoms. The van der Waals surface area contributed by atoms with E-state index in [1.165, 1.54) is 44.2 Å². The molecule has 0 amide bonds. The summed E-state index contributed by atoms with van der Waals surface area (Å²) in [6, 6.07) is 9.14. The van der Waals surface area contributed by atoms with Crippen molar-refractivity contribution < 1.29 is 4.74 Å². The van der Waals surface area contributed by atoms with Crippen LogP contribution in [0, 0.1) is 11.8 Å². The van der Waals surface area contributed by atoms with Crippen LogP contribution in [0.25, 0.3) is 0 Å². The van der Waals surface area contributed by atoms with E-state index < -0.39 is 0 Å². The predicted octanol–water partition coefficient (Wildman–Crippen LogP) is 5.48. The van der Waals surface area contributed by atoms with Crippen molar-refractivity contribution in [1.29, 1.82) is 0 Å². The smallest absolute Gasteiger partial charge is 0.121 e. The Hall–Kier alpha value is -0.870. The molecule has 2 N–H and O–H groups in total. The second kappa shape index (κ2) is 8.68. The molecule has 0 aromatic heterocycles. The first-order valence-electron chi connectivity index (χ1n) is 9.88. The highest BCUT2D eigenvalue weighted by Gasteiger charge is 2.23. The molecule has 25 heavy (non-hydrogen) atoms. The molecule has 0 unspecified atom stereocenters. The number of hydrogen-bond donors (Lipinski definition) is 2. The Morgan fingerprint density at radius 2 is 1.76 bits per heavy atom. The normalized spacial score (nSPS) is 24.1. The first-order chi connectivity index (χ1) is 12.0. The van der Waals surface area contributed by atoms with E-state index in [0.29, 0.717) is 10.8 Å². The molecule has 0 heterocycles. The van der Waals surface area contributed by atoms with Gasteiger partial charge in [-0.25, -0.2) is 0 Å². The number of rotatable bonds is 8. The Morgan fingerprint density at radius 1 is 1.04 bits per heavy atom. The van der Waals surface area contributed by atoms with Crippen LogP contribution >= 0.6 is 11.9 Å². The van der Waals surface area contributed by atoms with E-state index in [0.717, 1.165) is 30.7 Å². The van der Waals surface area contributed by atoms with Crippen molar-refractivity contribution in [3.05, 3.63) is 24.3 Å². The van der Waals surface area contributed by atoms with Gasteiger partial charge in [0.05, 0.1) is 6.61 Å². The fourth-order valence-electron chi connectivity index (χ4n) is 3.20. The van der Waals surface area contributed by atoms with Gasteiger partial charge in [-0.05, 0) is 83.3 Å². The molecule has 0 bridgehead atoms. The van der Waals surface area contributed by atoms with Crippen LogP contribution in [-0.4, -0.2) is 23.9 Å². The van der Waals surface area contributed by atoms with Gasteiger partial charge in [-0.15, -0.1) is 0 Å². The van der Waals surface area contributed by atoms with Crippen LogP contribution < -0.4 is 14.8 Å². The van der Waals surface area contributed by atoms with Gasteiger partial charge in [0.15, 0.2) is 0 Å². The van der Waals surface area contributed by atoms with Crippen LogP contribution in [0.15, 0.2) is 24.3 Å². The third kappa shape index (κ3) is 7.10. The highest BCUT2D eigenvalue weighted by molar-refractivity contribution is 7.98. The molecule has 3 nitrogen and oxygen atoms in total. The van der Waals surface area contributed by atoms with E-state index in [-0.39, 0.29) is 0 Å². The summed E-state index contributed by atoms with van der Waals surface area (Å²) < 4.78 is 9.85. The first kappa shape index (κ1) is 18.9. The van der Waals surface area contributed by atoms with E-state index in [1.807, 2.05) is 11.9 Å². The van der Waals surface area contributed by atoms with E-state index in [4.69, 9.17) is 4.74 Å². The van der Waals surface area contributed by atoms with Crippen LogP contribution in [0.2, 0.25) is 0 Å². The maximum atomic E-state index is 5.88. The highest BCUT2D eigenvalue weighted by Crippen LogP contribution is 2.31. The second-order valence-corrected chi connectivity index (χ2v) is 10.4. The van der Waals surface area contributed by atoms with Crippen molar-refractivity contribution in [3.63, 3.8) is 0 Å². The molecule has 4 heteroatoms. The lowest BCUT2D eigenvalue weighted by molar-refractivity contribution is 0.300. The molecule has 1 aromatic carbocycles. The van der Waals surface area contributed by atoms with Gasteiger partial charge in [-0.3, -0.25) is 4.72 Å². The van der Waals surface area contributed by atoms with Crippen molar-refractivity contribution in [2.75, 3.05) is 18.5 Å². The van der Waals surface area contributed by atoms with E-state index in [9.17, 15) is 0 Å². The van der Waals surface area contributed by atoms with Gasteiger partial charge in [0.1, 0.15) is 5.75 Å². The summed E-state index contributed by atoms with van der Waals surface area (Å²) in [5.41, 5.74) is 1.19. The minimum absolute atomic E-state index is 0.297. The molecule has 1 aromatic rings. The SMILES string of the molecule is CC(C)(C)SNC1CCC(CNc2cccc(OCC3CC3)c2)CC1. The number of anilines is 1. The maximum absolute atomic E-state index is 5.88. The molecule has 3 rings (SSSR count). The topological polar surface area (TPSA) is 33.3 Å². The molecular formula is C21H34N2OS. The minimum Gasteiger partial charge on any atom is -0.493 e. The zero-order valence-electron chi connectivity index (χ0n) is 16.0. The Labute approximate surface area is 157 Å². The summed E-state index contributed by atoms with van der Waals surface area (Å²) in [6.07, 6.45) is 7.88. The average molecular weight is 363 g/mol. The Balaban J connectivity index is 1.35. The van der Waals surface area contributed by atoms with Crippen LogP contribution in [0.4, 0.5) is 5.69 Å². The van der Waals surface area contributed by atoms with Crippen LogP contribution in [0.5, 0.6) is 5.75 Å². The van der Waals surface area contributed by atoms with Gasteiger partial charge in [0, 0.05) is 29.1 Å². The lowest BCUT2D eigenvalue weighted by Crippen LogP contribution is -2.33. The third-order valence-electron chi connectivity index (χ3n) is 4.99. The Kier molecular flexibility index (Phi) is 6.56. The summed E-state index contributed by atoms with van der Waals surface area (Å²) >= 11 is 1.88. The van der Waals surface area contributed by atoms with Crippen LogP contribution in [0.3, 0.4) is 0 Å². The minimum atomic E-state index is 0.297. The predicted molar refractivity (Wildman–Crippen MR) is 109 cm³/mol. The maximum Gasteiger partial charge on any atom is 0.121 e. The van der Waals surface area contributed by atoms with Gasteiger partial charge >= 0.3 is 0 Å². The van der Waals surface area contributed by atoms with Crippen molar-refractivity contribution >= 4 is 17.6 Å². The molecule has 0 saturated heterocycles. The second-order valence-electron chi connectivity index (χ2n) is 8.71. The summed E-state index contributed by atoms with van der Waals surface area (Å²) in [5, 5.41) is 3.62. The zero-order chi connectivity index (χ0) is 17.7. The van der Waals surface area contributed by atoms with Crippen LogP contribution in [-0.2, 0) is 0 Å². The summed E-state index contributed by atoms with van der Waals surface area (Å²) in [7, 11) is 0. The van der Waals surface area contributed by atoms with Gasteiger partial charge in [-0.2, -0.15) is 0 Å². The number of nitrogens with one attached hydrogen (secondary N) is 2. The fraction of sp³-hybridized carbons (Fsp3) is 0.714. The van der Waals surface area contributed by atoms with Gasteiger partial charge in [-0.1, -0.05) is 18.0 Å². The summed E-state index contributed by atoms with van der Waals surface area (Å²) in [6.45, 7) is 8.76. The highest BCUT2D eigenvalue weighted by atomic mass is 32.2. The lowest BCUT2D eigenvalue weighted by atomic mass is 9.86. The number of benzene rings is 1. The molecule has 0 radical (unpaired) electrons. The van der Waals surface area contributed by atoms with E-state index >= 15 is 0 Å². The molecule has 2 fully saturated rings. The molecule has 2 aliphatic rings. The fourth-order valence-corrected chi connectivity index (χ4v) is 3.96. The van der Waals surface area contributed by atoms with Crippen molar-refractivity contribution in [2.45, 2.75) is 70.1 Å². The molecular weight excluding hydrogens is 328 g/mol. The molecule has 2 aliphatic carbocycles. The lowest BCUT2D eigenvalue weighted by Gasteiger charge is -2.31. The average Bonchev–Trinajstić information content (AvgIpc) is 3.41.